The molecule has 2 aromatic heterocycles. The average molecular weight is 624 g/mol. The van der Waals surface area contributed by atoms with Gasteiger partial charge in [0.2, 0.25) is 0 Å². The molecule has 41 heavy (non-hydrogen) atoms. The minimum Gasteiger partial charge on any atom is -0.478 e. The highest BCUT2D eigenvalue weighted by atomic mass is 35.5. The third-order valence-corrected chi connectivity index (χ3v) is 10.0. The maximum Gasteiger partial charge on any atom is 0.335 e. The summed E-state index contributed by atoms with van der Waals surface area (Å²) < 4.78 is 41.9. The van der Waals surface area contributed by atoms with Crippen molar-refractivity contribution in [1.29, 1.82) is 0 Å². The molecule has 2 aliphatic carbocycles. The lowest BCUT2D eigenvalue weighted by Gasteiger charge is -2.41. The van der Waals surface area contributed by atoms with Gasteiger partial charge in [-0.25, -0.2) is 18.6 Å². The molecular formula is C29H26Cl2F2N2O5S. The highest BCUT2D eigenvalue weighted by Gasteiger charge is 2.56. The number of alkyl halides is 1. The van der Waals surface area contributed by atoms with Gasteiger partial charge in [0.1, 0.15) is 21.8 Å². The van der Waals surface area contributed by atoms with Crippen molar-refractivity contribution in [2.75, 3.05) is 0 Å². The molecule has 0 radical (unpaired) electrons. The zero-order chi connectivity index (χ0) is 29.3. The van der Waals surface area contributed by atoms with E-state index in [-0.39, 0.29) is 41.4 Å². The van der Waals surface area contributed by atoms with Crippen molar-refractivity contribution in [1.82, 2.24) is 10.1 Å². The first kappa shape index (κ1) is 28.5. The van der Waals surface area contributed by atoms with Crippen molar-refractivity contribution in [2.24, 2.45) is 11.8 Å². The van der Waals surface area contributed by atoms with E-state index >= 15 is 4.39 Å². The molecule has 2 N–H and O–H groups in total. The molecule has 0 spiro atoms. The molecule has 2 heterocycles. The Morgan fingerprint density at radius 3 is 2.49 bits per heavy atom. The van der Waals surface area contributed by atoms with Crippen LogP contribution in [0.2, 0.25) is 10.0 Å². The van der Waals surface area contributed by atoms with Gasteiger partial charge in [0.05, 0.1) is 38.6 Å². The van der Waals surface area contributed by atoms with Crippen molar-refractivity contribution in [3.8, 4) is 11.3 Å². The lowest BCUT2D eigenvalue weighted by molar-refractivity contribution is -0.116. The molecule has 12 heteroatoms. The number of aliphatic hydroxyl groups is 1. The Kier molecular flexibility index (Phi) is 7.14. The van der Waals surface area contributed by atoms with E-state index in [9.17, 15) is 19.4 Å². The molecule has 2 bridgehead atoms. The van der Waals surface area contributed by atoms with Gasteiger partial charge in [0.25, 0.3) is 0 Å². The minimum atomic E-state index is -1.84. The van der Waals surface area contributed by atoms with Crippen molar-refractivity contribution in [3.63, 3.8) is 0 Å². The molecule has 0 amide bonds. The number of carboxylic acid groups (broad SMARTS) is 1. The molecule has 7 nitrogen and oxygen atoms in total. The zero-order valence-corrected chi connectivity index (χ0v) is 24.4. The summed E-state index contributed by atoms with van der Waals surface area (Å²) in [4.78, 5) is 15.8. The molecule has 4 atom stereocenters. The summed E-state index contributed by atoms with van der Waals surface area (Å²) in [5.74, 6) is -2.35. The first-order valence-electron chi connectivity index (χ1n) is 13.2. The van der Waals surface area contributed by atoms with Crippen molar-refractivity contribution in [3.05, 3.63) is 68.1 Å². The predicted octanol–water partition coefficient (Wildman–Crippen LogP) is 7.89. The number of carbonyl (C=O) groups is 1. The maximum atomic E-state index is 15.1. The highest BCUT2D eigenvalue weighted by Crippen LogP contribution is 2.57. The molecule has 0 aliphatic heterocycles. The van der Waals surface area contributed by atoms with Crippen molar-refractivity contribution in [2.45, 2.75) is 63.5 Å². The smallest absolute Gasteiger partial charge is 0.335 e. The van der Waals surface area contributed by atoms with Gasteiger partial charge in [-0.15, -0.1) is 11.3 Å². The molecule has 216 valence electrons. The number of hydrogen-bond acceptors (Lipinski definition) is 7. The monoisotopic (exact) mass is 622 g/mol. The molecule has 6 rings (SSSR count). The van der Waals surface area contributed by atoms with Crippen molar-refractivity contribution < 1.29 is 33.0 Å². The third kappa shape index (κ3) is 4.83. The normalized spacial score (nSPS) is 24.3. The van der Waals surface area contributed by atoms with Gasteiger partial charge in [-0.3, -0.25) is 0 Å². The second-order valence-electron chi connectivity index (χ2n) is 11.2. The van der Waals surface area contributed by atoms with E-state index in [0.717, 1.165) is 30.2 Å². The lowest BCUT2D eigenvalue weighted by Crippen LogP contribution is -2.44. The van der Waals surface area contributed by atoms with Crippen LogP contribution >= 0.6 is 34.5 Å². The van der Waals surface area contributed by atoms with Gasteiger partial charge < -0.3 is 19.5 Å². The van der Waals surface area contributed by atoms with E-state index in [0.29, 0.717) is 49.4 Å². The number of halogens is 4. The van der Waals surface area contributed by atoms with Gasteiger partial charge in [-0.05, 0) is 75.6 Å². The molecule has 0 saturated heterocycles. The Labute approximate surface area is 248 Å². The van der Waals surface area contributed by atoms with Crippen LogP contribution in [0.3, 0.4) is 0 Å². The first-order valence-corrected chi connectivity index (χ1v) is 14.7. The molecule has 2 aromatic carbocycles. The number of hydrogen-bond donors (Lipinski definition) is 2. The standard InChI is InChI=1S/C29H26Cl2F2N2O5S/c1-28(2,33)25-17(23(35-40-25)22-18(30)4-3-5-19(22)31)12-39-16-10-14-6-7-15(11-16)29(14,38)27-34-24-20(32)8-13(26(36)37)9-21(24)41-27/h3-5,8-9,14-16,38H,6-7,10-12H2,1-2H3,(H,36,37)/t14-,15+,16-,29+. The predicted molar refractivity (Wildman–Crippen MR) is 151 cm³/mol. The largest absolute Gasteiger partial charge is 0.478 e. The number of rotatable bonds is 7. The number of nitrogens with zero attached hydrogens (tertiary/aromatic N) is 2. The molecular weight excluding hydrogens is 597 g/mol. The summed E-state index contributed by atoms with van der Waals surface area (Å²) in [6.07, 6.45) is 2.23. The average Bonchev–Trinajstić information content (AvgIpc) is 3.55. The first-order chi connectivity index (χ1) is 19.4. The molecule has 4 aromatic rings. The fourth-order valence-electron chi connectivity index (χ4n) is 6.30. The fourth-order valence-corrected chi connectivity index (χ4v) is 8.15. The number of thiazole rings is 1. The Morgan fingerprint density at radius 1 is 1.22 bits per heavy atom. The van der Waals surface area contributed by atoms with E-state index in [1.165, 1.54) is 19.9 Å². The van der Waals surface area contributed by atoms with E-state index in [2.05, 4.69) is 10.1 Å². The van der Waals surface area contributed by atoms with Crippen LogP contribution in [-0.2, 0) is 22.6 Å². The van der Waals surface area contributed by atoms with E-state index in [1.54, 1.807) is 18.2 Å². The topological polar surface area (TPSA) is 106 Å². The van der Waals surface area contributed by atoms with Gasteiger partial charge >= 0.3 is 5.97 Å². The lowest BCUT2D eigenvalue weighted by atomic mass is 9.73. The molecule has 2 aliphatic rings. The number of carboxylic acids is 1. The minimum absolute atomic E-state index is 0.00405. The summed E-state index contributed by atoms with van der Waals surface area (Å²) >= 11 is 14.0. The van der Waals surface area contributed by atoms with Crippen LogP contribution in [0.1, 0.15) is 66.2 Å². The Hall–Kier alpha value is -2.63. The second kappa shape index (κ2) is 10.3. The van der Waals surface area contributed by atoms with Crippen LogP contribution in [0.15, 0.2) is 34.9 Å². The number of benzene rings is 2. The van der Waals surface area contributed by atoms with Crippen LogP contribution in [0.25, 0.3) is 21.5 Å². The number of aromatic nitrogens is 2. The Morgan fingerprint density at radius 2 is 1.88 bits per heavy atom. The van der Waals surface area contributed by atoms with Gasteiger partial charge in [-0.1, -0.05) is 34.4 Å². The Bertz CT molecular complexity index is 1630. The summed E-state index contributed by atoms with van der Waals surface area (Å²) in [6, 6.07) is 7.36. The van der Waals surface area contributed by atoms with Crippen molar-refractivity contribution >= 4 is 50.7 Å². The Balaban J connectivity index is 1.26. The summed E-state index contributed by atoms with van der Waals surface area (Å²) in [5, 5.41) is 26.4. The SMILES string of the molecule is CC(C)(F)c1onc(-c2c(Cl)cccc2Cl)c1CO[C@@H]1C[C@H]2CC[C@@H](C1)[C@]2(O)c1nc2c(F)cc(C(=O)O)cc2s1. The molecule has 0 unspecified atom stereocenters. The van der Waals surface area contributed by atoms with Crippen LogP contribution < -0.4 is 0 Å². The number of fused-ring (bicyclic) bond motifs is 3. The second-order valence-corrected chi connectivity index (χ2v) is 13.1. The fraction of sp³-hybridized carbons (Fsp3) is 0.414. The third-order valence-electron chi connectivity index (χ3n) is 8.23. The van der Waals surface area contributed by atoms with E-state index in [4.69, 9.17) is 32.5 Å². The van der Waals surface area contributed by atoms with Gasteiger partial charge in [0, 0.05) is 5.56 Å². The zero-order valence-electron chi connectivity index (χ0n) is 22.1. The van der Waals surface area contributed by atoms with Crippen LogP contribution in [0, 0.1) is 17.7 Å². The number of aromatic carboxylic acids is 1. The van der Waals surface area contributed by atoms with Gasteiger partial charge in [0.15, 0.2) is 17.2 Å². The summed E-state index contributed by atoms with van der Waals surface area (Å²) in [7, 11) is 0. The van der Waals surface area contributed by atoms with E-state index < -0.39 is 23.1 Å². The summed E-state index contributed by atoms with van der Waals surface area (Å²) in [5.41, 5.74) is -2.07. The molecule has 2 fully saturated rings. The van der Waals surface area contributed by atoms with Gasteiger partial charge in [-0.2, -0.15) is 0 Å². The highest BCUT2D eigenvalue weighted by molar-refractivity contribution is 7.18. The summed E-state index contributed by atoms with van der Waals surface area (Å²) in [6.45, 7) is 2.74. The van der Waals surface area contributed by atoms with Crippen LogP contribution in [0.4, 0.5) is 8.78 Å². The number of ether oxygens (including phenoxy) is 1. The molecule has 2 saturated carbocycles. The van der Waals surface area contributed by atoms with Crippen LogP contribution in [0.5, 0.6) is 0 Å². The van der Waals surface area contributed by atoms with E-state index in [1.807, 2.05) is 0 Å². The maximum absolute atomic E-state index is 15.1. The quantitative estimate of drug-likeness (QED) is 0.216. The van der Waals surface area contributed by atoms with Crippen LogP contribution in [-0.4, -0.2) is 32.4 Å².